The van der Waals surface area contributed by atoms with Gasteiger partial charge in [-0.3, -0.25) is 4.18 Å². The number of halogens is 1. The highest BCUT2D eigenvalue weighted by molar-refractivity contribution is 7.98. The first kappa shape index (κ1) is 42.7. The molecular formula is C45H41ClN4O7S3. The molecule has 0 radical (unpaired) electrons. The Hall–Kier alpha value is -5.38. The highest BCUT2D eigenvalue weighted by Gasteiger charge is 2.12. The minimum atomic E-state index is -3.48. The molecule has 2 aromatic heterocycles. The second-order valence-electron chi connectivity index (χ2n) is 13.3. The molecule has 60 heavy (non-hydrogen) atoms. The third-order valence-corrected chi connectivity index (χ3v) is 11.4. The number of benzene rings is 6. The van der Waals surface area contributed by atoms with Gasteiger partial charge in [-0.2, -0.15) is 8.42 Å². The van der Waals surface area contributed by atoms with E-state index in [9.17, 15) is 8.42 Å². The van der Waals surface area contributed by atoms with Gasteiger partial charge in [0.15, 0.2) is 0 Å². The summed E-state index contributed by atoms with van der Waals surface area (Å²) < 4.78 is 50.2. The summed E-state index contributed by atoms with van der Waals surface area (Å²) in [5, 5.41) is 20.9. The minimum absolute atomic E-state index is 0.0115. The Labute approximate surface area is 361 Å². The zero-order valence-electron chi connectivity index (χ0n) is 32.6. The van der Waals surface area contributed by atoms with Crippen LogP contribution in [0.15, 0.2) is 142 Å². The van der Waals surface area contributed by atoms with Gasteiger partial charge in [-0.1, -0.05) is 72.8 Å². The molecule has 0 amide bonds. The van der Waals surface area contributed by atoms with E-state index in [0.29, 0.717) is 54.2 Å². The monoisotopic (exact) mass is 880 g/mol. The number of para-hydroxylation sites is 2. The van der Waals surface area contributed by atoms with Gasteiger partial charge in [-0.25, -0.2) is 0 Å². The Bertz CT molecular complexity index is 2720. The summed E-state index contributed by atoms with van der Waals surface area (Å²) in [7, 11) is -3.48. The van der Waals surface area contributed by atoms with Crippen LogP contribution >= 0.6 is 35.1 Å². The van der Waals surface area contributed by atoms with Crippen molar-refractivity contribution in [1.29, 1.82) is 0 Å². The van der Waals surface area contributed by atoms with E-state index in [2.05, 4.69) is 44.7 Å². The Morgan fingerprint density at radius 3 is 1.50 bits per heavy atom. The first-order chi connectivity index (χ1) is 29.3. The predicted molar refractivity (Wildman–Crippen MR) is 240 cm³/mol. The normalized spacial score (nSPS) is 11.4. The first-order valence-electron chi connectivity index (χ1n) is 18.9. The van der Waals surface area contributed by atoms with E-state index in [0.717, 1.165) is 73.1 Å². The van der Waals surface area contributed by atoms with Crippen molar-refractivity contribution in [2.24, 2.45) is 0 Å². The van der Waals surface area contributed by atoms with Crippen LogP contribution in [0.1, 0.15) is 22.9 Å². The fourth-order valence-electron chi connectivity index (χ4n) is 5.85. The minimum Gasteiger partial charge on any atom is -0.493 e. The maximum atomic E-state index is 11.2. The quantitative estimate of drug-likeness (QED) is 0.0459. The molecule has 8 aromatic rings. The smallest absolute Gasteiger partial charge is 0.264 e. The summed E-state index contributed by atoms with van der Waals surface area (Å²) in [6, 6.07) is 43.3. The van der Waals surface area contributed by atoms with Crippen LogP contribution in [0.3, 0.4) is 0 Å². The van der Waals surface area contributed by atoms with Crippen LogP contribution in [-0.4, -0.2) is 59.8 Å². The molecular weight excluding hydrogens is 840 g/mol. The summed E-state index contributed by atoms with van der Waals surface area (Å²) in [5.74, 6) is 7.40. The van der Waals surface area contributed by atoms with Gasteiger partial charge in [0.1, 0.15) is 11.5 Å². The highest BCUT2D eigenvalue weighted by Crippen LogP contribution is 2.27. The zero-order valence-corrected chi connectivity index (χ0v) is 35.8. The molecule has 0 spiro atoms. The van der Waals surface area contributed by atoms with Crippen molar-refractivity contribution in [2.75, 3.05) is 31.0 Å². The fourth-order valence-corrected chi connectivity index (χ4v) is 7.64. The Kier molecular flexibility index (Phi) is 15.1. The van der Waals surface area contributed by atoms with Crippen LogP contribution < -0.4 is 9.47 Å². The lowest BCUT2D eigenvalue weighted by Gasteiger charge is -2.05. The molecule has 8 rings (SSSR count). The summed E-state index contributed by atoms with van der Waals surface area (Å²) in [6.07, 6.45) is 1.04. The number of nitrogens with zero attached hydrogens (tertiary/aromatic N) is 4. The van der Waals surface area contributed by atoms with E-state index < -0.39 is 10.1 Å². The molecule has 0 fully saturated rings. The molecule has 0 bridgehead atoms. The standard InChI is InChI=1S/C23H22N2O5S2.C22H19ClN2O2S/c1-32(26,27)29-15-17-7-8-19-14-20(10-9-18(19)13-17)23-25-24-22(30-23)16-31-12-11-28-21-5-3-2-4-6-21;23-14-16-6-7-18-13-19(9-8-17(18)12-16)22-25-24-21(27-22)15-28-11-10-26-20-4-2-1-3-5-20/h2-10,13-14H,11-12,15-16H2,1H3;1-9,12-13H,10-11,14-15H2. The predicted octanol–water partition coefficient (Wildman–Crippen LogP) is 10.6. The van der Waals surface area contributed by atoms with Crippen LogP contribution in [0.2, 0.25) is 0 Å². The largest absolute Gasteiger partial charge is 0.493 e. The topological polar surface area (TPSA) is 140 Å². The number of aromatic nitrogens is 4. The Morgan fingerprint density at radius 1 is 0.567 bits per heavy atom. The molecule has 0 N–H and O–H groups in total. The van der Waals surface area contributed by atoms with E-state index >= 15 is 0 Å². The van der Waals surface area contributed by atoms with Gasteiger partial charge in [0.25, 0.3) is 10.1 Å². The molecule has 2 heterocycles. The van der Waals surface area contributed by atoms with Crippen molar-refractivity contribution in [1.82, 2.24) is 20.4 Å². The molecule has 6 aromatic carbocycles. The lowest BCUT2D eigenvalue weighted by Crippen LogP contribution is -2.02. The Morgan fingerprint density at radius 2 is 1.02 bits per heavy atom. The van der Waals surface area contributed by atoms with Gasteiger partial charge in [-0.05, 0) is 93.3 Å². The number of fused-ring (bicyclic) bond motifs is 2. The van der Waals surface area contributed by atoms with E-state index in [-0.39, 0.29) is 6.61 Å². The van der Waals surface area contributed by atoms with Crippen molar-refractivity contribution in [3.05, 3.63) is 156 Å². The SMILES string of the molecule is CS(=O)(=O)OCc1ccc2cc(-c3nnc(CSCCOc4ccccc4)o3)ccc2c1.ClCc1ccc2cc(-c3nnc(CSCCOc4ccccc4)o3)ccc2c1. The summed E-state index contributed by atoms with van der Waals surface area (Å²) in [6.45, 7) is 1.26. The number of hydrogen-bond donors (Lipinski definition) is 0. The van der Waals surface area contributed by atoms with Crippen LogP contribution in [0.25, 0.3) is 44.5 Å². The number of alkyl halides is 1. The van der Waals surface area contributed by atoms with Gasteiger partial charge in [-0.15, -0.1) is 55.5 Å². The van der Waals surface area contributed by atoms with Crippen LogP contribution in [0.4, 0.5) is 0 Å². The number of rotatable bonds is 18. The van der Waals surface area contributed by atoms with Crippen LogP contribution in [-0.2, 0) is 38.3 Å². The Balaban J connectivity index is 0.000000183. The van der Waals surface area contributed by atoms with Gasteiger partial charge >= 0.3 is 0 Å². The number of hydrogen-bond acceptors (Lipinski definition) is 13. The first-order valence-corrected chi connectivity index (χ1v) is 23.6. The summed E-state index contributed by atoms with van der Waals surface area (Å²) in [5.41, 5.74) is 3.63. The van der Waals surface area contributed by atoms with Crippen molar-refractivity contribution in [3.8, 4) is 34.4 Å². The number of thioether (sulfide) groups is 2. The third-order valence-electron chi connectivity index (χ3n) is 8.76. The average Bonchev–Trinajstić information content (AvgIpc) is 3.96. The molecule has 0 aliphatic rings. The van der Waals surface area contributed by atoms with Crippen molar-refractivity contribution in [3.63, 3.8) is 0 Å². The molecule has 11 nitrogen and oxygen atoms in total. The van der Waals surface area contributed by atoms with Crippen LogP contribution in [0.5, 0.6) is 11.5 Å². The zero-order chi connectivity index (χ0) is 41.6. The molecule has 308 valence electrons. The van der Waals surface area contributed by atoms with E-state index in [1.54, 1.807) is 23.5 Å². The summed E-state index contributed by atoms with van der Waals surface area (Å²) >= 11 is 9.28. The molecule has 15 heteroatoms. The van der Waals surface area contributed by atoms with Gasteiger partial charge in [0.05, 0.1) is 37.6 Å². The second kappa shape index (κ2) is 21.2. The van der Waals surface area contributed by atoms with Gasteiger partial charge < -0.3 is 18.3 Å². The van der Waals surface area contributed by atoms with E-state index in [1.807, 2.05) is 109 Å². The van der Waals surface area contributed by atoms with Crippen molar-refractivity contribution >= 4 is 66.8 Å². The van der Waals surface area contributed by atoms with E-state index in [4.69, 9.17) is 34.1 Å². The molecule has 0 aliphatic carbocycles. The lowest BCUT2D eigenvalue weighted by atomic mass is 10.0. The van der Waals surface area contributed by atoms with Crippen LogP contribution in [0, 0.1) is 0 Å². The molecule has 0 atom stereocenters. The molecule has 0 saturated heterocycles. The third kappa shape index (κ3) is 12.8. The lowest BCUT2D eigenvalue weighted by molar-refractivity contribution is 0.312. The van der Waals surface area contributed by atoms with Crippen molar-refractivity contribution in [2.45, 2.75) is 24.0 Å². The molecule has 0 aliphatic heterocycles. The average molecular weight is 881 g/mol. The molecule has 0 unspecified atom stereocenters. The maximum Gasteiger partial charge on any atom is 0.264 e. The van der Waals surface area contributed by atoms with Gasteiger partial charge in [0.2, 0.25) is 23.6 Å². The summed E-state index contributed by atoms with van der Waals surface area (Å²) in [4.78, 5) is 0. The van der Waals surface area contributed by atoms with Crippen molar-refractivity contribution < 1.29 is 30.9 Å². The maximum absolute atomic E-state index is 11.2. The van der Waals surface area contributed by atoms with Gasteiger partial charge in [0, 0.05) is 28.5 Å². The molecule has 0 saturated carbocycles. The number of ether oxygens (including phenoxy) is 2. The fraction of sp³-hybridized carbons (Fsp3) is 0.200. The van der Waals surface area contributed by atoms with E-state index in [1.165, 1.54) is 0 Å². The second-order valence-corrected chi connectivity index (χ2v) is 17.4. The highest BCUT2D eigenvalue weighted by atomic mass is 35.5.